The number of aromatic nitrogens is 3. The molecule has 0 spiro atoms. The Hall–Kier alpha value is -1.91. The van der Waals surface area contributed by atoms with E-state index in [1.165, 1.54) is 0 Å². The van der Waals surface area contributed by atoms with Crippen LogP contribution in [-0.4, -0.2) is 15.2 Å². The number of nitrogens with zero attached hydrogens (tertiary/aromatic N) is 2. The van der Waals surface area contributed by atoms with Crippen LogP contribution >= 0.6 is 22.9 Å². The molecule has 0 atom stereocenters. The number of halogens is 1. The number of thiophene rings is 1. The molecular weight excluding hydrogens is 278 g/mol. The lowest BCUT2D eigenvalue weighted by molar-refractivity contribution is 1.12. The number of benzene rings is 1. The molecule has 92 valence electrons. The van der Waals surface area contributed by atoms with Crippen molar-refractivity contribution in [3.8, 4) is 11.1 Å². The highest BCUT2D eigenvalue weighted by molar-refractivity contribution is 7.17. The molecule has 0 aliphatic heterocycles. The highest BCUT2D eigenvalue weighted by Gasteiger charge is 2.09. The highest BCUT2D eigenvalue weighted by Crippen LogP contribution is 2.34. The van der Waals surface area contributed by atoms with Gasteiger partial charge in [0, 0.05) is 22.5 Å². The molecule has 4 rings (SSSR count). The molecule has 5 heteroatoms. The monoisotopic (exact) mass is 285 g/mol. The Kier molecular flexibility index (Phi) is 2.33. The number of H-pyrrole nitrogens is 1. The Balaban J connectivity index is 2.00. The molecule has 1 aromatic carbocycles. The van der Waals surface area contributed by atoms with Gasteiger partial charge < -0.3 is 0 Å². The summed E-state index contributed by atoms with van der Waals surface area (Å²) in [6.07, 6.45) is 1.90. The van der Waals surface area contributed by atoms with Crippen LogP contribution in [0.15, 0.2) is 41.9 Å². The minimum absolute atomic E-state index is 0.525. The summed E-state index contributed by atoms with van der Waals surface area (Å²) in [7, 11) is 0. The van der Waals surface area contributed by atoms with Gasteiger partial charge in [0.25, 0.3) is 0 Å². The molecule has 0 bridgehead atoms. The number of nitrogens with one attached hydrogen (secondary N) is 1. The number of rotatable bonds is 1. The molecule has 0 aliphatic carbocycles. The van der Waals surface area contributed by atoms with Crippen LogP contribution in [0.4, 0.5) is 0 Å². The molecule has 4 aromatic rings. The maximum Gasteiger partial charge on any atom is 0.129 e. The van der Waals surface area contributed by atoms with Gasteiger partial charge in [0.15, 0.2) is 0 Å². The van der Waals surface area contributed by atoms with Crippen molar-refractivity contribution < 1.29 is 0 Å². The third kappa shape index (κ3) is 1.72. The second kappa shape index (κ2) is 4.05. The van der Waals surface area contributed by atoms with Crippen molar-refractivity contribution in [2.45, 2.75) is 0 Å². The van der Waals surface area contributed by atoms with Crippen LogP contribution < -0.4 is 0 Å². The van der Waals surface area contributed by atoms with Crippen LogP contribution in [0.25, 0.3) is 32.2 Å². The molecule has 0 unspecified atom stereocenters. The fourth-order valence-corrected chi connectivity index (χ4v) is 3.26. The molecule has 1 N–H and O–H groups in total. The Morgan fingerprint density at radius 1 is 1.16 bits per heavy atom. The number of hydrogen-bond donors (Lipinski definition) is 1. The SMILES string of the molecule is Clc1ccc2scc(-c3ccc4n[nH]cc4c3)c2n1. The molecule has 0 saturated carbocycles. The zero-order chi connectivity index (χ0) is 12.8. The number of hydrogen-bond acceptors (Lipinski definition) is 3. The van der Waals surface area contributed by atoms with E-state index in [4.69, 9.17) is 11.6 Å². The lowest BCUT2D eigenvalue weighted by Gasteiger charge is -2.00. The zero-order valence-corrected chi connectivity index (χ0v) is 11.3. The van der Waals surface area contributed by atoms with E-state index in [1.807, 2.05) is 24.4 Å². The standard InChI is InChI=1S/C14H8ClN3S/c15-13-4-3-12-14(17-13)10(7-19-12)8-1-2-11-9(5-8)6-16-18-11/h1-7H,(H,16,18). The topological polar surface area (TPSA) is 41.6 Å². The average molecular weight is 286 g/mol. The summed E-state index contributed by atoms with van der Waals surface area (Å²) < 4.78 is 1.15. The van der Waals surface area contributed by atoms with Crippen molar-refractivity contribution in [3.63, 3.8) is 0 Å². The van der Waals surface area contributed by atoms with Gasteiger partial charge in [-0.1, -0.05) is 17.7 Å². The lowest BCUT2D eigenvalue weighted by atomic mass is 10.1. The first kappa shape index (κ1) is 11.0. The first-order valence-electron chi connectivity index (χ1n) is 5.79. The summed E-state index contributed by atoms with van der Waals surface area (Å²) in [5, 5.41) is 10.8. The number of fused-ring (bicyclic) bond motifs is 2. The van der Waals surface area contributed by atoms with E-state index in [0.717, 1.165) is 32.2 Å². The maximum absolute atomic E-state index is 5.99. The minimum atomic E-state index is 0.525. The summed E-state index contributed by atoms with van der Waals surface area (Å²) >= 11 is 7.67. The molecule has 0 amide bonds. The zero-order valence-electron chi connectivity index (χ0n) is 9.72. The number of aromatic amines is 1. The van der Waals surface area contributed by atoms with Crippen molar-refractivity contribution in [1.82, 2.24) is 15.2 Å². The van der Waals surface area contributed by atoms with Crippen LogP contribution in [0.5, 0.6) is 0 Å². The fraction of sp³-hybridized carbons (Fsp3) is 0. The summed E-state index contributed by atoms with van der Waals surface area (Å²) in [6, 6.07) is 10.0. The van der Waals surface area contributed by atoms with E-state index in [2.05, 4.69) is 32.7 Å². The lowest BCUT2D eigenvalue weighted by Crippen LogP contribution is -1.80. The van der Waals surface area contributed by atoms with Gasteiger partial charge in [-0.05, 0) is 29.8 Å². The van der Waals surface area contributed by atoms with Crippen LogP contribution in [-0.2, 0) is 0 Å². The van der Waals surface area contributed by atoms with Gasteiger partial charge in [0.05, 0.1) is 15.7 Å². The van der Waals surface area contributed by atoms with Crippen LogP contribution in [0.3, 0.4) is 0 Å². The van der Waals surface area contributed by atoms with E-state index >= 15 is 0 Å². The first-order chi connectivity index (χ1) is 9.31. The Morgan fingerprint density at radius 3 is 3.05 bits per heavy atom. The molecule has 0 fully saturated rings. The predicted molar refractivity (Wildman–Crippen MR) is 79.7 cm³/mol. The van der Waals surface area contributed by atoms with Crippen molar-refractivity contribution >= 4 is 44.1 Å². The van der Waals surface area contributed by atoms with Crippen molar-refractivity contribution in [1.29, 1.82) is 0 Å². The molecule has 0 saturated heterocycles. The van der Waals surface area contributed by atoms with Crippen molar-refractivity contribution in [2.75, 3.05) is 0 Å². The second-order valence-corrected chi connectivity index (χ2v) is 5.59. The largest absolute Gasteiger partial charge is 0.285 e. The van der Waals surface area contributed by atoms with Crippen LogP contribution in [0.2, 0.25) is 5.15 Å². The highest BCUT2D eigenvalue weighted by atomic mass is 35.5. The summed E-state index contributed by atoms with van der Waals surface area (Å²) in [4.78, 5) is 4.43. The van der Waals surface area contributed by atoms with E-state index in [-0.39, 0.29) is 0 Å². The quantitative estimate of drug-likeness (QED) is 0.523. The van der Waals surface area contributed by atoms with Gasteiger partial charge in [-0.2, -0.15) is 5.10 Å². The second-order valence-electron chi connectivity index (χ2n) is 4.29. The van der Waals surface area contributed by atoms with Gasteiger partial charge >= 0.3 is 0 Å². The molecule has 19 heavy (non-hydrogen) atoms. The average Bonchev–Trinajstić information content (AvgIpc) is 3.03. The van der Waals surface area contributed by atoms with Crippen LogP contribution in [0, 0.1) is 0 Å². The normalized spacial score (nSPS) is 11.4. The van der Waals surface area contributed by atoms with E-state index in [1.54, 1.807) is 11.3 Å². The summed E-state index contributed by atoms with van der Waals surface area (Å²) in [6.45, 7) is 0. The third-order valence-corrected chi connectivity index (χ3v) is 4.27. The predicted octanol–water partition coefficient (Wildman–Crippen LogP) is 4.49. The van der Waals surface area contributed by atoms with Crippen molar-refractivity contribution in [2.24, 2.45) is 0 Å². The molecule has 3 aromatic heterocycles. The summed E-state index contributed by atoms with van der Waals surface area (Å²) in [5.74, 6) is 0. The van der Waals surface area contributed by atoms with Gasteiger partial charge in [-0.15, -0.1) is 11.3 Å². The molecule has 0 radical (unpaired) electrons. The van der Waals surface area contributed by atoms with E-state index in [0.29, 0.717) is 5.15 Å². The molecular formula is C14H8ClN3S. The fourth-order valence-electron chi connectivity index (χ4n) is 2.20. The Morgan fingerprint density at radius 2 is 2.11 bits per heavy atom. The van der Waals surface area contributed by atoms with Crippen LogP contribution in [0.1, 0.15) is 0 Å². The molecule has 0 aliphatic rings. The molecule has 3 heterocycles. The van der Waals surface area contributed by atoms with Gasteiger partial charge in [-0.25, -0.2) is 4.98 Å². The Bertz CT molecular complexity index is 894. The van der Waals surface area contributed by atoms with Gasteiger partial charge in [0.2, 0.25) is 0 Å². The van der Waals surface area contributed by atoms with Gasteiger partial charge in [0.1, 0.15) is 5.15 Å². The van der Waals surface area contributed by atoms with E-state index < -0.39 is 0 Å². The first-order valence-corrected chi connectivity index (χ1v) is 7.05. The smallest absolute Gasteiger partial charge is 0.129 e. The van der Waals surface area contributed by atoms with E-state index in [9.17, 15) is 0 Å². The molecule has 3 nitrogen and oxygen atoms in total. The minimum Gasteiger partial charge on any atom is -0.285 e. The van der Waals surface area contributed by atoms with Crippen molar-refractivity contribution in [3.05, 3.63) is 47.1 Å². The Labute approximate surface area is 117 Å². The van der Waals surface area contributed by atoms with Gasteiger partial charge in [-0.3, -0.25) is 5.10 Å². The maximum atomic E-state index is 5.99. The number of pyridine rings is 1. The third-order valence-electron chi connectivity index (χ3n) is 3.13. The summed E-state index contributed by atoms with van der Waals surface area (Å²) in [5.41, 5.74) is 4.18.